The molecule has 1 heterocycles. The number of ether oxygens (including phenoxy) is 1. The van der Waals surface area contributed by atoms with Gasteiger partial charge in [-0.05, 0) is 48.9 Å². The van der Waals surface area contributed by atoms with Crippen molar-refractivity contribution in [3.8, 4) is 0 Å². The predicted molar refractivity (Wildman–Crippen MR) is 122 cm³/mol. The van der Waals surface area contributed by atoms with Crippen LogP contribution in [0.4, 0.5) is 11.4 Å². The molecule has 0 unspecified atom stereocenters. The summed E-state index contributed by atoms with van der Waals surface area (Å²) >= 11 is 0. The van der Waals surface area contributed by atoms with Crippen molar-refractivity contribution in [1.29, 1.82) is 0 Å². The summed E-state index contributed by atoms with van der Waals surface area (Å²) in [6.45, 7) is 1.05. The molecule has 0 saturated carbocycles. The van der Waals surface area contributed by atoms with Gasteiger partial charge in [0.25, 0.3) is 5.91 Å². The van der Waals surface area contributed by atoms with E-state index in [2.05, 4.69) is 10.7 Å². The van der Waals surface area contributed by atoms with Crippen molar-refractivity contribution in [2.75, 3.05) is 31.0 Å². The molecule has 2 N–H and O–H groups in total. The van der Waals surface area contributed by atoms with Crippen molar-refractivity contribution in [3.05, 3.63) is 53.6 Å². The smallest absolute Gasteiger partial charge is 0.338 e. The normalized spacial score (nSPS) is 14.1. The van der Waals surface area contributed by atoms with Gasteiger partial charge in [0, 0.05) is 32.6 Å². The van der Waals surface area contributed by atoms with Crippen molar-refractivity contribution in [1.82, 2.24) is 9.73 Å². The second-order valence-corrected chi connectivity index (χ2v) is 9.82. The van der Waals surface area contributed by atoms with Crippen LogP contribution >= 0.6 is 0 Å². The lowest BCUT2D eigenvalue weighted by Gasteiger charge is -2.27. The SMILES string of the molecule is Cc1ccc(NC(=O)COC(=O)c2ccc(N3NC(=O)CCC3=O)cc2)cc1S(=O)(=O)N(C)C. The van der Waals surface area contributed by atoms with Gasteiger partial charge in [0.1, 0.15) is 0 Å². The minimum absolute atomic E-state index is 0.0516. The van der Waals surface area contributed by atoms with E-state index in [9.17, 15) is 27.6 Å². The molecule has 12 heteroatoms. The van der Waals surface area contributed by atoms with Crippen molar-refractivity contribution in [3.63, 3.8) is 0 Å². The van der Waals surface area contributed by atoms with Crippen molar-refractivity contribution >= 4 is 45.1 Å². The van der Waals surface area contributed by atoms with E-state index in [-0.39, 0.29) is 40.8 Å². The molecule has 1 saturated heterocycles. The van der Waals surface area contributed by atoms with Crippen LogP contribution in [0, 0.1) is 6.92 Å². The number of esters is 1. The number of sulfonamides is 1. The van der Waals surface area contributed by atoms with Gasteiger partial charge in [-0.15, -0.1) is 0 Å². The van der Waals surface area contributed by atoms with Crippen LogP contribution in [-0.4, -0.2) is 57.1 Å². The maximum absolute atomic E-state index is 12.4. The largest absolute Gasteiger partial charge is 0.452 e. The van der Waals surface area contributed by atoms with Crippen LogP contribution in [0.15, 0.2) is 47.4 Å². The van der Waals surface area contributed by atoms with Crippen LogP contribution in [0.25, 0.3) is 0 Å². The number of nitrogens with one attached hydrogen (secondary N) is 2. The number of hydrogen-bond donors (Lipinski definition) is 2. The fraction of sp³-hybridized carbons (Fsp3) is 0.273. The summed E-state index contributed by atoms with van der Waals surface area (Å²) in [5.74, 6) is -1.97. The maximum Gasteiger partial charge on any atom is 0.338 e. The van der Waals surface area contributed by atoms with Crippen LogP contribution in [0.3, 0.4) is 0 Å². The quantitative estimate of drug-likeness (QED) is 0.558. The number of amides is 3. The number of rotatable bonds is 7. The molecule has 1 aliphatic rings. The third-order valence-corrected chi connectivity index (χ3v) is 6.93. The summed E-state index contributed by atoms with van der Waals surface area (Å²) in [5.41, 5.74) is 3.74. The highest BCUT2D eigenvalue weighted by molar-refractivity contribution is 7.89. The van der Waals surface area contributed by atoms with E-state index < -0.39 is 28.5 Å². The molecule has 3 amide bonds. The zero-order valence-electron chi connectivity index (χ0n) is 18.8. The lowest BCUT2D eigenvalue weighted by atomic mass is 10.2. The molecule has 0 atom stereocenters. The summed E-state index contributed by atoms with van der Waals surface area (Å²) in [7, 11) is -0.879. The number of benzene rings is 2. The van der Waals surface area contributed by atoms with Gasteiger partial charge in [0.15, 0.2) is 6.61 Å². The highest BCUT2D eigenvalue weighted by Crippen LogP contribution is 2.22. The molecule has 0 radical (unpaired) electrons. The van der Waals surface area contributed by atoms with Crippen LogP contribution in [0.2, 0.25) is 0 Å². The average Bonchev–Trinajstić information content (AvgIpc) is 2.80. The summed E-state index contributed by atoms with van der Waals surface area (Å²) in [6.07, 6.45) is 0.214. The Kier molecular flexibility index (Phi) is 7.32. The third kappa shape index (κ3) is 5.58. The van der Waals surface area contributed by atoms with Crippen LogP contribution in [0.5, 0.6) is 0 Å². The molecule has 0 aliphatic carbocycles. The first-order chi connectivity index (χ1) is 16.0. The van der Waals surface area contributed by atoms with Gasteiger partial charge in [-0.2, -0.15) is 0 Å². The molecule has 0 spiro atoms. The van der Waals surface area contributed by atoms with E-state index in [1.54, 1.807) is 19.1 Å². The van der Waals surface area contributed by atoms with Gasteiger partial charge in [-0.1, -0.05) is 6.07 Å². The summed E-state index contributed by atoms with van der Waals surface area (Å²) < 4.78 is 30.9. The summed E-state index contributed by atoms with van der Waals surface area (Å²) in [4.78, 5) is 48.0. The molecule has 34 heavy (non-hydrogen) atoms. The fourth-order valence-corrected chi connectivity index (χ4v) is 4.24. The Labute approximate surface area is 196 Å². The number of aryl methyl sites for hydroxylation is 1. The molecule has 1 aliphatic heterocycles. The Morgan fingerprint density at radius 2 is 1.76 bits per heavy atom. The monoisotopic (exact) mass is 488 g/mol. The minimum atomic E-state index is -3.70. The first kappa shape index (κ1) is 24.9. The highest BCUT2D eigenvalue weighted by atomic mass is 32.2. The molecule has 2 aromatic carbocycles. The van der Waals surface area contributed by atoms with Crippen LogP contribution in [0.1, 0.15) is 28.8 Å². The molecule has 0 aromatic heterocycles. The third-order valence-electron chi connectivity index (χ3n) is 4.98. The van der Waals surface area contributed by atoms with Crippen molar-refractivity contribution < 1.29 is 32.3 Å². The van der Waals surface area contributed by atoms with Gasteiger partial charge < -0.3 is 10.1 Å². The van der Waals surface area contributed by atoms with Crippen LogP contribution in [-0.2, 0) is 29.1 Å². The van der Waals surface area contributed by atoms with E-state index in [1.807, 2.05) is 0 Å². The van der Waals surface area contributed by atoms with E-state index in [1.165, 1.54) is 44.4 Å². The Hall–Kier alpha value is -3.77. The molecule has 1 fully saturated rings. The van der Waals surface area contributed by atoms with E-state index in [0.29, 0.717) is 11.3 Å². The lowest BCUT2D eigenvalue weighted by molar-refractivity contribution is -0.130. The molecule has 11 nitrogen and oxygen atoms in total. The number of hydrazine groups is 1. The second-order valence-electron chi connectivity index (χ2n) is 7.70. The van der Waals surface area contributed by atoms with Crippen molar-refractivity contribution in [2.45, 2.75) is 24.7 Å². The maximum atomic E-state index is 12.4. The van der Waals surface area contributed by atoms with Gasteiger partial charge in [0.05, 0.1) is 16.1 Å². The number of carbonyl (C=O) groups is 4. The number of carbonyl (C=O) groups excluding carboxylic acids is 4. The summed E-state index contributed by atoms with van der Waals surface area (Å²) in [5, 5.41) is 3.62. The first-order valence-corrected chi connectivity index (χ1v) is 11.7. The molecule has 2 aromatic rings. The standard InChI is InChI=1S/C22H24N4O7S/c1-14-4-7-16(12-18(14)34(31,32)25(2)3)23-20(28)13-33-22(30)15-5-8-17(9-6-15)26-21(29)11-10-19(27)24-26/h4-9,12H,10-11,13H2,1-3H3,(H,23,28)(H,24,27). The van der Waals surface area contributed by atoms with E-state index in [4.69, 9.17) is 4.74 Å². The Bertz CT molecular complexity index is 1240. The van der Waals surface area contributed by atoms with E-state index in [0.717, 1.165) is 9.31 Å². The second kappa shape index (κ2) is 10.0. The van der Waals surface area contributed by atoms with Gasteiger partial charge in [-0.3, -0.25) is 19.8 Å². The molecular weight excluding hydrogens is 464 g/mol. The molecule has 0 bridgehead atoms. The van der Waals surface area contributed by atoms with Gasteiger partial charge >= 0.3 is 5.97 Å². The predicted octanol–water partition coefficient (Wildman–Crippen LogP) is 1.20. The topological polar surface area (TPSA) is 142 Å². The van der Waals surface area contributed by atoms with E-state index >= 15 is 0 Å². The minimum Gasteiger partial charge on any atom is -0.452 e. The number of nitrogens with zero attached hydrogens (tertiary/aromatic N) is 2. The molecule has 3 rings (SSSR count). The molecule has 180 valence electrons. The fourth-order valence-electron chi connectivity index (χ4n) is 3.09. The van der Waals surface area contributed by atoms with Crippen molar-refractivity contribution in [2.24, 2.45) is 0 Å². The first-order valence-electron chi connectivity index (χ1n) is 10.2. The average molecular weight is 489 g/mol. The zero-order valence-corrected chi connectivity index (χ0v) is 19.6. The number of anilines is 2. The van der Waals surface area contributed by atoms with Crippen LogP contribution < -0.4 is 15.8 Å². The Morgan fingerprint density at radius 1 is 1.09 bits per heavy atom. The molecular formula is C22H24N4O7S. The highest BCUT2D eigenvalue weighted by Gasteiger charge is 2.24. The zero-order chi connectivity index (χ0) is 25.0. The Balaban J connectivity index is 1.60. The number of hydrogen-bond acceptors (Lipinski definition) is 7. The lowest BCUT2D eigenvalue weighted by Crippen LogP contribution is -2.50. The summed E-state index contributed by atoms with van der Waals surface area (Å²) in [6, 6.07) is 10.2. The van der Waals surface area contributed by atoms with Gasteiger partial charge in [0.2, 0.25) is 21.8 Å². The van der Waals surface area contributed by atoms with Gasteiger partial charge in [-0.25, -0.2) is 22.5 Å². The Morgan fingerprint density at radius 3 is 2.41 bits per heavy atom.